The van der Waals surface area contributed by atoms with Crippen molar-refractivity contribution in [1.82, 2.24) is 4.90 Å². The molecule has 0 radical (unpaired) electrons. The molecule has 0 aliphatic carbocycles. The summed E-state index contributed by atoms with van der Waals surface area (Å²) in [5.41, 5.74) is 2.31. The number of hydrogen-bond donors (Lipinski definition) is 1. The zero-order chi connectivity index (χ0) is 14.6. The number of nitrogens with one attached hydrogen (secondary N) is 1. The van der Waals surface area contributed by atoms with Gasteiger partial charge in [-0.1, -0.05) is 12.1 Å². The molecule has 1 unspecified atom stereocenters. The highest BCUT2D eigenvalue weighted by Crippen LogP contribution is 2.20. The van der Waals surface area contributed by atoms with Gasteiger partial charge in [-0.05, 0) is 24.6 Å². The lowest BCUT2D eigenvalue weighted by Gasteiger charge is -2.34. The molecule has 1 atom stereocenters. The zero-order valence-electron chi connectivity index (χ0n) is 12.0. The van der Waals surface area contributed by atoms with Crippen LogP contribution in [-0.2, 0) is 9.84 Å². The van der Waals surface area contributed by atoms with E-state index in [1.165, 1.54) is 11.8 Å². The fourth-order valence-electron chi connectivity index (χ4n) is 2.36. The highest BCUT2D eigenvalue weighted by atomic mass is 32.2. The van der Waals surface area contributed by atoms with Gasteiger partial charge in [0.05, 0.1) is 0 Å². The monoisotopic (exact) mass is 314 g/mol. The number of rotatable bonds is 5. The van der Waals surface area contributed by atoms with Crippen LogP contribution in [0, 0.1) is 6.92 Å². The molecule has 1 saturated heterocycles. The van der Waals surface area contributed by atoms with E-state index in [0.717, 1.165) is 31.1 Å². The van der Waals surface area contributed by atoms with E-state index in [1.807, 2.05) is 12.1 Å². The van der Waals surface area contributed by atoms with Gasteiger partial charge in [-0.2, -0.15) is 11.8 Å². The number of anilines is 1. The standard InChI is InChI=1S/C14H22N2O2S2/c1-12-4-3-5-13(10-12)15-6-7-16-8-9-19-11-14(16)20(2,17)18/h3-5,10,14-15H,6-9,11H2,1-2H3. The molecule has 0 amide bonds. The van der Waals surface area contributed by atoms with Crippen LogP contribution in [0.15, 0.2) is 24.3 Å². The van der Waals surface area contributed by atoms with Crippen LogP contribution in [0.4, 0.5) is 5.69 Å². The van der Waals surface area contributed by atoms with E-state index in [-0.39, 0.29) is 5.37 Å². The molecule has 1 aromatic carbocycles. The van der Waals surface area contributed by atoms with Crippen LogP contribution in [0.3, 0.4) is 0 Å². The summed E-state index contributed by atoms with van der Waals surface area (Å²) in [7, 11) is -3.00. The topological polar surface area (TPSA) is 49.4 Å². The average molecular weight is 314 g/mol. The molecule has 0 spiro atoms. The summed E-state index contributed by atoms with van der Waals surface area (Å²) in [5.74, 6) is 1.69. The first kappa shape index (κ1) is 15.7. The van der Waals surface area contributed by atoms with Crippen molar-refractivity contribution in [3.05, 3.63) is 29.8 Å². The lowest BCUT2D eigenvalue weighted by Crippen LogP contribution is -2.48. The number of aryl methyl sites for hydroxylation is 1. The van der Waals surface area contributed by atoms with Crippen molar-refractivity contribution in [2.45, 2.75) is 12.3 Å². The van der Waals surface area contributed by atoms with Gasteiger partial charge in [0.15, 0.2) is 9.84 Å². The Kier molecular flexibility index (Phi) is 5.35. The van der Waals surface area contributed by atoms with Crippen LogP contribution < -0.4 is 5.32 Å². The summed E-state index contributed by atoms with van der Waals surface area (Å²) >= 11 is 1.72. The molecule has 4 nitrogen and oxygen atoms in total. The average Bonchev–Trinajstić information content (AvgIpc) is 2.38. The maximum Gasteiger partial charge on any atom is 0.164 e. The summed E-state index contributed by atoms with van der Waals surface area (Å²) in [4.78, 5) is 2.08. The van der Waals surface area contributed by atoms with Crippen molar-refractivity contribution in [3.63, 3.8) is 0 Å². The largest absolute Gasteiger partial charge is 0.384 e. The molecule has 0 saturated carbocycles. The van der Waals surface area contributed by atoms with Crippen molar-refractivity contribution in [1.29, 1.82) is 0 Å². The van der Waals surface area contributed by atoms with Gasteiger partial charge in [-0.15, -0.1) is 0 Å². The molecule has 20 heavy (non-hydrogen) atoms. The minimum absolute atomic E-state index is 0.333. The molecule has 6 heteroatoms. The van der Waals surface area contributed by atoms with Crippen LogP contribution in [0.5, 0.6) is 0 Å². The highest BCUT2D eigenvalue weighted by molar-refractivity contribution is 8.00. The molecule has 2 rings (SSSR count). The van der Waals surface area contributed by atoms with Gasteiger partial charge in [0.2, 0.25) is 0 Å². The first-order valence-electron chi connectivity index (χ1n) is 6.78. The van der Waals surface area contributed by atoms with Crippen molar-refractivity contribution < 1.29 is 8.42 Å². The smallest absolute Gasteiger partial charge is 0.164 e. The number of hydrogen-bond acceptors (Lipinski definition) is 5. The molecular weight excluding hydrogens is 292 g/mol. The predicted molar refractivity (Wildman–Crippen MR) is 87.2 cm³/mol. The third-order valence-corrected chi connectivity index (χ3v) is 6.12. The number of benzene rings is 1. The molecule has 1 aromatic rings. The zero-order valence-corrected chi connectivity index (χ0v) is 13.6. The molecule has 1 fully saturated rings. The fraction of sp³-hybridized carbons (Fsp3) is 0.571. The van der Waals surface area contributed by atoms with Gasteiger partial charge in [0.1, 0.15) is 5.37 Å². The second-order valence-electron chi connectivity index (χ2n) is 5.19. The van der Waals surface area contributed by atoms with Crippen LogP contribution in [-0.4, -0.2) is 56.1 Å². The quantitative estimate of drug-likeness (QED) is 0.898. The van der Waals surface area contributed by atoms with E-state index >= 15 is 0 Å². The van der Waals surface area contributed by atoms with E-state index in [0.29, 0.717) is 5.75 Å². The Morgan fingerprint density at radius 2 is 2.25 bits per heavy atom. The maximum absolute atomic E-state index is 11.8. The summed E-state index contributed by atoms with van der Waals surface area (Å²) < 4.78 is 23.6. The third kappa shape index (κ3) is 4.40. The summed E-state index contributed by atoms with van der Waals surface area (Å²) in [5, 5.41) is 3.03. The molecule has 0 aromatic heterocycles. The molecule has 1 heterocycles. The molecule has 1 aliphatic rings. The maximum atomic E-state index is 11.8. The first-order chi connectivity index (χ1) is 9.47. The van der Waals surface area contributed by atoms with E-state index in [9.17, 15) is 8.42 Å². The van der Waals surface area contributed by atoms with Gasteiger partial charge < -0.3 is 5.32 Å². The lowest BCUT2D eigenvalue weighted by molar-refractivity contribution is 0.281. The summed E-state index contributed by atoms with van der Waals surface area (Å²) in [6, 6.07) is 8.22. The Bertz CT molecular complexity index is 546. The Balaban J connectivity index is 1.89. The van der Waals surface area contributed by atoms with Gasteiger partial charge >= 0.3 is 0 Å². The van der Waals surface area contributed by atoms with E-state index in [4.69, 9.17) is 0 Å². The lowest BCUT2D eigenvalue weighted by atomic mass is 10.2. The van der Waals surface area contributed by atoms with Crippen molar-refractivity contribution in [3.8, 4) is 0 Å². The highest BCUT2D eigenvalue weighted by Gasteiger charge is 2.30. The van der Waals surface area contributed by atoms with Gasteiger partial charge in [-0.25, -0.2) is 8.42 Å². The number of sulfone groups is 1. The van der Waals surface area contributed by atoms with E-state index in [2.05, 4.69) is 29.3 Å². The fourth-order valence-corrected chi connectivity index (χ4v) is 5.34. The summed E-state index contributed by atoms with van der Waals surface area (Å²) in [6.07, 6.45) is 1.34. The Labute approximate surface area is 125 Å². The van der Waals surface area contributed by atoms with E-state index in [1.54, 1.807) is 11.8 Å². The second kappa shape index (κ2) is 6.83. The van der Waals surface area contributed by atoms with Gasteiger partial charge in [0, 0.05) is 43.1 Å². The van der Waals surface area contributed by atoms with E-state index < -0.39 is 9.84 Å². The Morgan fingerprint density at radius 1 is 1.45 bits per heavy atom. The molecular formula is C14H22N2O2S2. The molecule has 1 N–H and O–H groups in total. The number of thioether (sulfide) groups is 1. The molecule has 112 valence electrons. The normalized spacial score (nSPS) is 20.8. The van der Waals surface area contributed by atoms with Gasteiger partial charge in [-0.3, -0.25) is 4.90 Å². The van der Waals surface area contributed by atoms with Crippen LogP contribution in [0.1, 0.15) is 5.56 Å². The second-order valence-corrected chi connectivity index (χ2v) is 8.54. The van der Waals surface area contributed by atoms with Gasteiger partial charge in [0.25, 0.3) is 0 Å². The predicted octanol–water partition coefficient (Wildman–Crippen LogP) is 1.83. The minimum atomic E-state index is -3.00. The molecule has 1 aliphatic heterocycles. The summed E-state index contributed by atoms with van der Waals surface area (Å²) in [6.45, 7) is 4.43. The van der Waals surface area contributed by atoms with Crippen LogP contribution >= 0.6 is 11.8 Å². The Morgan fingerprint density at radius 3 is 2.95 bits per heavy atom. The van der Waals surface area contributed by atoms with Crippen LogP contribution in [0.2, 0.25) is 0 Å². The minimum Gasteiger partial charge on any atom is -0.384 e. The Hall–Kier alpha value is -0.720. The first-order valence-corrected chi connectivity index (χ1v) is 9.89. The van der Waals surface area contributed by atoms with Crippen LogP contribution in [0.25, 0.3) is 0 Å². The molecule has 0 bridgehead atoms. The van der Waals surface area contributed by atoms with Crippen molar-refractivity contribution in [2.75, 3.05) is 42.7 Å². The van der Waals surface area contributed by atoms with Crippen molar-refractivity contribution in [2.24, 2.45) is 0 Å². The van der Waals surface area contributed by atoms with Crippen molar-refractivity contribution >= 4 is 27.3 Å². The third-order valence-electron chi connectivity index (χ3n) is 3.43. The SMILES string of the molecule is Cc1cccc(NCCN2CCSCC2S(C)(=O)=O)c1. The number of nitrogens with zero attached hydrogens (tertiary/aromatic N) is 1.